The maximum atomic E-state index is 11.8. The van der Waals surface area contributed by atoms with E-state index in [1.54, 1.807) is 12.1 Å². The first-order valence-corrected chi connectivity index (χ1v) is 6.54. The number of carbonyl (C=O) groups is 1. The molecule has 0 saturated heterocycles. The maximum absolute atomic E-state index is 11.8. The lowest BCUT2D eigenvalue weighted by Gasteiger charge is -2.27. The van der Waals surface area contributed by atoms with E-state index >= 15 is 0 Å². The molecule has 0 fully saturated rings. The lowest BCUT2D eigenvalue weighted by molar-refractivity contribution is -0.384. The van der Waals surface area contributed by atoms with Gasteiger partial charge in [0, 0.05) is 24.6 Å². The molecule has 0 heterocycles. The van der Waals surface area contributed by atoms with E-state index in [-0.39, 0.29) is 17.6 Å². The minimum Gasteiger partial charge on any atom is -0.347 e. The lowest BCUT2D eigenvalue weighted by Crippen LogP contribution is -2.41. The zero-order valence-electron chi connectivity index (χ0n) is 12.1. The summed E-state index contributed by atoms with van der Waals surface area (Å²) >= 11 is 0. The van der Waals surface area contributed by atoms with Crippen molar-refractivity contribution in [3.63, 3.8) is 0 Å². The summed E-state index contributed by atoms with van der Waals surface area (Å²) in [4.78, 5) is 22.0. The van der Waals surface area contributed by atoms with E-state index in [0.29, 0.717) is 12.8 Å². The minimum absolute atomic E-state index is 0.0109. The molecule has 0 aliphatic heterocycles. The molecule has 0 aliphatic carbocycles. The Morgan fingerprint density at radius 3 is 2.40 bits per heavy atom. The molecular formula is C14H21N3O3. The number of carbonyl (C=O) groups excluding carboxylic acids is 1. The number of hydrogen-bond donors (Lipinski definition) is 2. The number of nitrogens with zero attached hydrogens (tertiary/aromatic N) is 1. The summed E-state index contributed by atoms with van der Waals surface area (Å²) in [6.07, 6.45) is 0.996. The van der Waals surface area contributed by atoms with Crippen LogP contribution in [0.5, 0.6) is 0 Å². The minimum atomic E-state index is -0.579. The SMILES string of the molecule is CC(N)CCC(=O)NC(C)(C)c1ccc([N+](=O)[O-])cc1. The molecule has 3 N–H and O–H groups in total. The molecule has 20 heavy (non-hydrogen) atoms. The van der Waals surface area contributed by atoms with Gasteiger partial charge in [0.05, 0.1) is 10.5 Å². The summed E-state index contributed by atoms with van der Waals surface area (Å²) in [6, 6.07) is 6.17. The second-order valence-corrected chi connectivity index (χ2v) is 5.49. The second-order valence-electron chi connectivity index (χ2n) is 5.49. The molecule has 0 bridgehead atoms. The first-order chi connectivity index (χ1) is 9.22. The van der Waals surface area contributed by atoms with E-state index in [1.807, 2.05) is 20.8 Å². The number of nitrogens with one attached hydrogen (secondary N) is 1. The Morgan fingerprint density at radius 1 is 1.40 bits per heavy atom. The highest BCUT2D eigenvalue weighted by Crippen LogP contribution is 2.22. The van der Waals surface area contributed by atoms with Gasteiger partial charge in [-0.1, -0.05) is 0 Å². The summed E-state index contributed by atoms with van der Waals surface area (Å²) in [5, 5.41) is 13.5. The molecule has 1 amide bonds. The average molecular weight is 279 g/mol. The molecule has 0 spiro atoms. The van der Waals surface area contributed by atoms with Crippen LogP contribution in [0.25, 0.3) is 0 Å². The van der Waals surface area contributed by atoms with Gasteiger partial charge in [-0.3, -0.25) is 14.9 Å². The highest BCUT2D eigenvalue weighted by atomic mass is 16.6. The van der Waals surface area contributed by atoms with E-state index in [4.69, 9.17) is 5.73 Å². The van der Waals surface area contributed by atoms with Gasteiger partial charge in [0.2, 0.25) is 5.91 Å². The fraction of sp³-hybridized carbons (Fsp3) is 0.500. The second kappa shape index (κ2) is 6.47. The quantitative estimate of drug-likeness (QED) is 0.615. The van der Waals surface area contributed by atoms with E-state index in [2.05, 4.69) is 5.32 Å². The van der Waals surface area contributed by atoms with Gasteiger partial charge in [0.1, 0.15) is 0 Å². The van der Waals surface area contributed by atoms with Gasteiger partial charge in [-0.2, -0.15) is 0 Å². The van der Waals surface area contributed by atoms with Gasteiger partial charge in [-0.25, -0.2) is 0 Å². The zero-order chi connectivity index (χ0) is 15.3. The van der Waals surface area contributed by atoms with Crippen LogP contribution in [0.2, 0.25) is 0 Å². The van der Waals surface area contributed by atoms with Crippen molar-refractivity contribution in [2.24, 2.45) is 5.73 Å². The Morgan fingerprint density at radius 2 is 1.95 bits per heavy atom. The van der Waals surface area contributed by atoms with Gasteiger partial charge in [-0.15, -0.1) is 0 Å². The summed E-state index contributed by atoms with van der Waals surface area (Å²) in [5.74, 6) is -0.0781. The first-order valence-electron chi connectivity index (χ1n) is 6.54. The monoisotopic (exact) mass is 279 g/mol. The van der Waals surface area contributed by atoms with Crippen LogP contribution in [0.4, 0.5) is 5.69 Å². The van der Waals surface area contributed by atoms with Gasteiger partial charge >= 0.3 is 0 Å². The summed E-state index contributed by atoms with van der Waals surface area (Å²) in [5.41, 5.74) is 5.89. The normalized spacial score (nSPS) is 12.8. The molecule has 1 aromatic carbocycles. The van der Waals surface area contributed by atoms with Crippen LogP contribution in [0.1, 0.15) is 39.2 Å². The number of nitro groups is 1. The Kier molecular flexibility index (Phi) is 5.21. The molecular weight excluding hydrogens is 258 g/mol. The van der Waals surface area contributed by atoms with E-state index in [1.165, 1.54) is 12.1 Å². The van der Waals surface area contributed by atoms with Gasteiger partial charge in [-0.05, 0) is 44.9 Å². The third-order valence-corrected chi connectivity index (χ3v) is 3.08. The molecule has 6 heteroatoms. The van der Waals surface area contributed by atoms with Crippen LogP contribution >= 0.6 is 0 Å². The Hall–Kier alpha value is -1.95. The Labute approximate surface area is 118 Å². The third kappa shape index (κ3) is 4.62. The standard InChI is InChI=1S/C14H21N3O3/c1-10(15)4-9-13(18)16-14(2,3)11-5-7-12(8-6-11)17(19)20/h5-8,10H,4,9,15H2,1-3H3,(H,16,18). The van der Waals surface area contributed by atoms with Crippen LogP contribution < -0.4 is 11.1 Å². The fourth-order valence-corrected chi connectivity index (χ4v) is 1.84. The molecule has 1 aromatic rings. The number of non-ortho nitro benzene ring substituents is 1. The molecule has 1 atom stereocenters. The van der Waals surface area contributed by atoms with Gasteiger partial charge in [0.25, 0.3) is 5.69 Å². The van der Waals surface area contributed by atoms with Crippen molar-refractivity contribution in [1.29, 1.82) is 0 Å². The van der Waals surface area contributed by atoms with Crippen molar-refractivity contribution < 1.29 is 9.72 Å². The van der Waals surface area contributed by atoms with Crippen molar-refractivity contribution in [1.82, 2.24) is 5.32 Å². The topological polar surface area (TPSA) is 98.3 Å². The number of rotatable bonds is 6. The molecule has 1 rings (SSSR count). The van der Waals surface area contributed by atoms with Crippen molar-refractivity contribution in [3.8, 4) is 0 Å². The highest BCUT2D eigenvalue weighted by Gasteiger charge is 2.23. The van der Waals surface area contributed by atoms with Crippen LogP contribution in [-0.4, -0.2) is 16.9 Å². The van der Waals surface area contributed by atoms with E-state index < -0.39 is 10.5 Å². The van der Waals surface area contributed by atoms with Crippen LogP contribution in [0.15, 0.2) is 24.3 Å². The number of benzene rings is 1. The predicted molar refractivity (Wildman–Crippen MR) is 77.1 cm³/mol. The number of hydrogen-bond acceptors (Lipinski definition) is 4. The summed E-state index contributed by atoms with van der Waals surface area (Å²) < 4.78 is 0. The molecule has 6 nitrogen and oxygen atoms in total. The van der Waals surface area contributed by atoms with Crippen molar-refractivity contribution in [3.05, 3.63) is 39.9 Å². The van der Waals surface area contributed by atoms with E-state index in [9.17, 15) is 14.9 Å². The summed E-state index contributed by atoms with van der Waals surface area (Å²) in [7, 11) is 0. The molecule has 110 valence electrons. The van der Waals surface area contributed by atoms with E-state index in [0.717, 1.165) is 5.56 Å². The van der Waals surface area contributed by atoms with Crippen LogP contribution in [-0.2, 0) is 10.3 Å². The highest BCUT2D eigenvalue weighted by molar-refractivity contribution is 5.77. The zero-order valence-corrected chi connectivity index (χ0v) is 12.1. The number of nitrogens with two attached hydrogens (primary N) is 1. The summed E-state index contributed by atoms with van der Waals surface area (Å²) in [6.45, 7) is 5.57. The molecule has 0 radical (unpaired) electrons. The largest absolute Gasteiger partial charge is 0.347 e. The van der Waals surface area contributed by atoms with Gasteiger partial charge < -0.3 is 11.1 Å². The Bertz CT molecular complexity index is 481. The van der Waals surface area contributed by atoms with Crippen molar-refractivity contribution in [2.45, 2.75) is 45.2 Å². The average Bonchev–Trinajstić information content (AvgIpc) is 2.36. The maximum Gasteiger partial charge on any atom is 0.269 e. The molecule has 1 unspecified atom stereocenters. The number of amides is 1. The van der Waals surface area contributed by atoms with Crippen molar-refractivity contribution >= 4 is 11.6 Å². The number of nitro benzene ring substituents is 1. The van der Waals surface area contributed by atoms with Crippen LogP contribution in [0.3, 0.4) is 0 Å². The third-order valence-electron chi connectivity index (χ3n) is 3.08. The van der Waals surface area contributed by atoms with Crippen LogP contribution in [0, 0.1) is 10.1 Å². The van der Waals surface area contributed by atoms with Crippen molar-refractivity contribution in [2.75, 3.05) is 0 Å². The molecule has 0 aliphatic rings. The lowest BCUT2D eigenvalue weighted by atomic mass is 9.93. The van der Waals surface area contributed by atoms with Gasteiger partial charge in [0.15, 0.2) is 0 Å². The smallest absolute Gasteiger partial charge is 0.269 e. The molecule has 0 aromatic heterocycles. The molecule has 0 saturated carbocycles. The predicted octanol–water partition coefficient (Wildman–Crippen LogP) is 2.07. The first kappa shape index (κ1) is 16.1. The fourth-order valence-electron chi connectivity index (χ4n) is 1.84. The Balaban J connectivity index is 2.72.